The van der Waals surface area contributed by atoms with Gasteiger partial charge in [0.05, 0.1) is 5.56 Å². The second-order valence-electron chi connectivity index (χ2n) is 3.58. The van der Waals surface area contributed by atoms with Crippen molar-refractivity contribution >= 4 is 33.7 Å². The number of hydrogen-bond acceptors (Lipinski definition) is 4. The summed E-state index contributed by atoms with van der Waals surface area (Å²) in [7, 11) is 0. The molecular weight excluding hydrogens is 309 g/mol. The van der Waals surface area contributed by atoms with Crippen molar-refractivity contribution in [1.82, 2.24) is 5.06 Å². The number of imide groups is 1. The Hall–Kier alpha value is -1.76. The van der Waals surface area contributed by atoms with Crippen LogP contribution in [0.2, 0.25) is 0 Å². The van der Waals surface area contributed by atoms with Crippen molar-refractivity contribution in [3.8, 4) is 0 Å². The molecular formula is C11H7BrFNO4. The van der Waals surface area contributed by atoms with Gasteiger partial charge in [0.2, 0.25) is 0 Å². The first-order valence-corrected chi connectivity index (χ1v) is 5.81. The molecule has 2 amide bonds. The molecule has 2 rings (SSSR count). The lowest BCUT2D eigenvalue weighted by Gasteiger charge is -2.13. The lowest BCUT2D eigenvalue weighted by atomic mass is 10.2. The number of hydrogen-bond donors (Lipinski definition) is 0. The Morgan fingerprint density at radius 2 is 1.89 bits per heavy atom. The Balaban J connectivity index is 2.19. The van der Waals surface area contributed by atoms with E-state index in [9.17, 15) is 18.8 Å². The van der Waals surface area contributed by atoms with Gasteiger partial charge in [-0.3, -0.25) is 9.59 Å². The molecule has 0 aromatic heterocycles. The summed E-state index contributed by atoms with van der Waals surface area (Å²) in [6.07, 6.45) is 0.0207. The molecule has 1 saturated heterocycles. The van der Waals surface area contributed by atoms with Gasteiger partial charge in [0.15, 0.2) is 0 Å². The van der Waals surface area contributed by atoms with Crippen molar-refractivity contribution in [2.45, 2.75) is 12.8 Å². The summed E-state index contributed by atoms with van der Waals surface area (Å²) in [6, 6.07) is 3.45. The number of benzene rings is 1. The molecule has 7 heteroatoms. The van der Waals surface area contributed by atoms with Crippen LogP contribution in [0.25, 0.3) is 0 Å². The van der Waals surface area contributed by atoms with E-state index in [0.717, 1.165) is 12.1 Å². The van der Waals surface area contributed by atoms with Crippen LogP contribution < -0.4 is 0 Å². The first-order chi connectivity index (χ1) is 8.49. The van der Waals surface area contributed by atoms with Crippen molar-refractivity contribution < 1.29 is 23.6 Å². The molecule has 0 saturated carbocycles. The molecule has 94 valence electrons. The molecule has 1 aliphatic heterocycles. The van der Waals surface area contributed by atoms with E-state index in [2.05, 4.69) is 20.8 Å². The van der Waals surface area contributed by atoms with Gasteiger partial charge in [0, 0.05) is 17.3 Å². The van der Waals surface area contributed by atoms with Crippen LogP contribution in [-0.4, -0.2) is 22.8 Å². The topological polar surface area (TPSA) is 63.7 Å². The van der Waals surface area contributed by atoms with E-state index in [1.54, 1.807) is 0 Å². The quantitative estimate of drug-likeness (QED) is 0.781. The molecule has 0 unspecified atom stereocenters. The van der Waals surface area contributed by atoms with Gasteiger partial charge in [0.1, 0.15) is 5.82 Å². The zero-order chi connectivity index (χ0) is 13.3. The average molecular weight is 316 g/mol. The molecule has 0 radical (unpaired) electrons. The second-order valence-corrected chi connectivity index (χ2v) is 4.44. The van der Waals surface area contributed by atoms with Gasteiger partial charge < -0.3 is 4.84 Å². The van der Waals surface area contributed by atoms with Crippen molar-refractivity contribution in [2.75, 3.05) is 0 Å². The van der Waals surface area contributed by atoms with Gasteiger partial charge in [-0.1, -0.05) is 0 Å². The fourth-order valence-corrected chi connectivity index (χ4v) is 1.85. The molecule has 0 N–H and O–H groups in total. The third kappa shape index (κ3) is 2.40. The lowest BCUT2D eigenvalue weighted by Crippen LogP contribution is -2.32. The number of rotatable bonds is 2. The summed E-state index contributed by atoms with van der Waals surface area (Å²) in [6.45, 7) is 0. The highest BCUT2D eigenvalue weighted by atomic mass is 79.9. The minimum atomic E-state index is -0.968. The maximum absolute atomic E-state index is 13.0. The number of halogens is 2. The maximum atomic E-state index is 13.0. The molecule has 0 atom stereocenters. The third-order valence-electron chi connectivity index (χ3n) is 2.33. The Labute approximate surface area is 110 Å². The number of nitrogens with zero attached hydrogens (tertiary/aromatic N) is 1. The van der Waals surface area contributed by atoms with E-state index >= 15 is 0 Å². The number of hydroxylamine groups is 2. The highest BCUT2D eigenvalue weighted by Gasteiger charge is 2.33. The molecule has 1 aliphatic rings. The van der Waals surface area contributed by atoms with Crippen LogP contribution >= 0.6 is 15.9 Å². The lowest BCUT2D eigenvalue weighted by molar-refractivity contribution is -0.172. The van der Waals surface area contributed by atoms with Crippen LogP contribution in [0.3, 0.4) is 0 Å². The van der Waals surface area contributed by atoms with Gasteiger partial charge in [-0.05, 0) is 34.1 Å². The van der Waals surface area contributed by atoms with Crippen molar-refractivity contribution in [2.24, 2.45) is 0 Å². The minimum Gasteiger partial charge on any atom is -0.325 e. The Kier molecular flexibility index (Phi) is 3.42. The van der Waals surface area contributed by atoms with E-state index in [0.29, 0.717) is 9.54 Å². The molecule has 1 fully saturated rings. The fraction of sp³-hybridized carbons (Fsp3) is 0.182. The highest BCUT2D eigenvalue weighted by molar-refractivity contribution is 9.10. The van der Waals surface area contributed by atoms with Crippen molar-refractivity contribution in [1.29, 1.82) is 0 Å². The summed E-state index contributed by atoms with van der Waals surface area (Å²) < 4.78 is 13.3. The summed E-state index contributed by atoms with van der Waals surface area (Å²) in [5.74, 6) is -2.75. The van der Waals surface area contributed by atoms with Crippen LogP contribution in [0.5, 0.6) is 0 Å². The first kappa shape index (κ1) is 12.7. The van der Waals surface area contributed by atoms with Gasteiger partial charge in [-0.15, -0.1) is 5.06 Å². The zero-order valence-corrected chi connectivity index (χ0v) is 10.6. The minimum absolute atomic E-state index is 0.0104. The highest BCUT2D eigenvalue weighted by Crippen LogP contribution is 2.20. The zero-order valence-electron chi connectivity index (χ0n) is 8.98. The monoisotopic (exact) mass is 315 g/mol. The normalized spacial score (nSPS) is 15.1. The number of carbonyl (C=O) groups is 3. The molecule has 0 aliphatic carbocycles. The van der Waals surface area contributed by atoms with Crippen LogP contribution in [0.4, 0.5) is 4.39 Å². The summed E-state index contributed by atoms with van der Waals surface area (Å²) in [5, 5.41) is 0.416. The average Bonchev–Trinajstić information content (AvgIpc) is 2.64. The molecule has 0 bridgehead atoms. The molecule has 1 aromatic carbocycles. The maximum Gasteiger partial charge on any atom is 0.365 e. The molecule has 1 aromatic rings. The largest absolute Gasteiger partial charge is 0.365 e. The molecule has 1 heterocycles. The van der Waals surface area contributed by atoms with Crippen LogP contribution in [0, 0.1) is 5.82 Å². The second kappa shape index (κ2) is 4.85. The van der Waals surface area contributed by atoms with Crippen LogP contribution in [-0.2, 0) is 14.4 Å². The van der Waals surface area contributed by atoms with Gasteiger partial charge in [-0.2, -0.15) is 0 Å². The van der Waals surface area contributed by atoms with E-state index < -0.39 is 23.6 Å². The molecule has 0 spiro atoms. The molecule has 18 heavy (non-hydrogen) atoms. The van der Waals surface area contributed by atoms with E-state index in [1.165, 1.54) is 6.07 Å². The third-order valence-corrected chi connectivity index (χ3v) is 3.02. The Morgan fingerprint density at radius 1 is 1.28 bits per heavy atom. The standard InChI is InChI=1S/C11H7BrFNO4/c12-8-2-1-6(13)5-7(8)11(17)18-14-9(15)3-4-10(14)16/h1-2,5H,3-4H2. The predicted octanol–water partition coefficient (Wildman–Crippen LogP) is 1.81. The number of amides is 2. The summed E-state index contributed by atoms with van der Waals surface area (Å²) in [5.41, 5.74) is -0.0949. The van der Waals surface area contributed by atoms with Crippen molar-refractivity contribution in [3.63, 3.8) is 0 Å². The smallest absolute Gasteiger partial charge is 0.325 e. The van der Waals surface area contributed by atoms with E-state index in [4.69, 9.17) is 0 Å². The Morgan fingerprint density at radius 3 is 2.50 bits per heavy atom. The molecule has 5 nitrogen and oxygen atoms in total. The van der Waals surface area contributed by atoms with Crippen molar-refractivity contribution in [3.05, 3.63) is 34.1 Å². The van der Waals surface area contributed by atoms with E-state index in [-0.39, 0.29) is 18.4 Å². The SMILES string of the molecule is O=C(ON1C(=O)CCC1=O)c1cc(F)ccc1Br. The summed E-state index contributed by atoms with van der Waals surface area (Å²) in [4.78, 5) is 38.8. The van der Waals surface area contributed by atoms with Crippen LogP contribution in [0.1, 0.15) is 23.2 Å². The predicted molar refractivity (Wildman–Crippen MR) is 60.6 cm³/mol. The fourth-order valence-electron chi connectivity index (χ4n) is 1.44. The summed E-state index contributed by atoms with van der Waals surface area (Å²) >= 11 is 3.05. The number of carbonyl (C=O) groups excluding carboxylic acids is 3. The Bertz CT molecular complexity index is 530. The van der Waals surface area contributed by atoms with Crippen LogP contribution in [0.15, 0.2) is 22.7 Å². The van der Waals surface area contributed by atoms with Gasteiger partial charge in [-0.25, -0.2) is 9.18 Å². The van der Waals surface area contributed by atoms with Gasteiger partial charge in [0.25, 0.3) is 11.8 Å². The van der Waals surface area contributed by atoms with Gasteiger partial charge >= 0.3 is 5.97 Å². The van der Waals surface area contributed by atoms with E-state index in [1.807, 2.05) is 0 Å². The first-order valence-electron chi connectivity index (χ1n) is 5.02.